The van der Waals surface area contributed by atoms with E-state index in [2.05, 4.69) is 0 Å². The Kier molecular flexibility index (Phi) is 3.97. The molecule has 2 N–H and O–H groups in total. The number of rotatable bonds is 4. The van der Waals surface area contributed by atoms with Gasteiger partial charge in [0.15, 0.2) is 5.78 Å². The maximum atomic E-state index is 12.4. The lowest BCUT2D eigenvalue weighted by Crippen LogP contribution is -2.06. The molecule has 0 saturated heterocycles. The number of carbonyl (C=O) groups is 1. The first-order valence-corrected chi connectivity index (χ1v) is 6.16. The van der Waals surface area contributed by atoms with Crippen molar-refractivity contribution in [3.63, 3.8) is 0 Å². The molecule has 0 atom stereocenters. The van der Waals surface area contributed by atoms with E-state index in [1.54, 1.807) is 30.3 Å². The summed E-state index contributed by atoms with van der Waals surface area (Å²) in [6, 6.07) is 12.0. The smallest absolute Gasteiger partial charge is 0.193 e. The number of aromatic hydroxyl groups is 1. The molecule has 0 aliphatic heterocycles. The molecule has 98 valence electrons. The molecular formula is C16H16O3. The molecule has 0 saturated carbocycles. The molecule has 0 aromatic heterocycles. The minimum Gasteiger partial charge on any atom is -0.508 e. The summed E-state index contributed by atoms with van der Waals surface area (Å²) in [5.74, 6) is -0.0680. The third-order valence-corrected chi connectivity index (χ3v) is 3.16. The van der Waals surface area contributed by atoms with Crippen LogP contribution in [0.3, 0.4) is 0 Å². The van der Waals surface area contributed by atoms with Gasteiger partial charge in [-0.25, -0.2) is 0 Å². The molecular weight excluding hydrogens is 240 g/mol. The van der Waals surface area contributed by atoms with Gasteiger partial charge in [0.25, 0.3) is 0 Å². The van der Waals surface area contributed by atoms with Crippen LogP contribution in [-0.2, 0) is 6.42 Å². The van der Waals surface area contributed by atoms with Gasteiger partial charge >= 0.3 is 0 Å². The topological polar surface area (TPSA) is 57.5 Å². The Bertz CT molecular complexity index is 588. The van der Waals surface area contributed by atoms with E-state index in [1.165, 1.54) is 6.07 Å². The van der Waals surface area contributed by atoms with Crippen LogP contribution in [0.4, 0.5) is 0 Å². The molecule has 0 aliphatic rings. The van der Waals surface area contributed by atoms with E-state index in [0.29, 0.717) is 17.5 Å². The Morgan fingerprint density at radius 2 is 1.84 bits per heavy atom. The fourth-order valence-corrected chi connectivity index (χ4v) is 2.12. The van der Waals surface area contributed by atoms with E-state index in [0.717, 1.165) is 11.1 Å². The molecule has 0 unspecified atom stereocenters. The largest absolute Gasteiger partial charge is 0.508 e. The van der Waals surface area contributed by atoms with Gasteiger partial charge in [-0.3, -0.25) is 4.79 Å². The van der Waals surface area contributed by atoms with E-state index in [1.807, 2.05) is 13.0 Å². The van der Waals surface area contributed by atoms with Gasteiger partial charge in [-0.2, -0.15) is 0 Å². The van der Waals surface area contributed by atoms with Crippen molar-refractivity contribution in [3.8, 4) is 5.75 Å². The minimum absolute atomic E-state index is 0.0107. The van der Waals surface area contributed by atoms with Gasteiger partial charge in [-0.15, -0.1) is 0 Å². The van der Waals surface area contributed by atoms with Crippen LogP contribution in [0.1, 0.15) is 27.0 Å². The second kappa shape index (κ2) is 5.67. The lowest BCUT2D eigenvalue weighted by Gasteiger charge is -2.11. The highest BCUT2D eigenvalue weighted by Gasteiger charge is 2.15. The molecule has 0 amide bonds. The van der Waals surface area contributed by atoms with Crippen molar-refractivity contribution in [2.75, 3.05) is 6.61 Å². The zero-order chi connectivity index (χ0) is 13.8. The molecule has 19 heavy (non-hydrogen) atoms. The summed E-state index contributed by atoms with van der Waals surface area (Å²) in [6.45, 7) is 1.82. The zero-order valence-corrected chi connectivity index (χ0v) is 10.8. The highest BCUT2D eigenvalue weighted by atomic mass is 16.3. The van der Waals surface area contributed by atoms with Gasteiger partial charge in [0, 0.05) is 17.7 Å². The number of hydrogen-bond donors (Lipinski definition) is 2. The van der Waals surface area contributed by atoms with E-state index >= 15 is 0 Å². The Hall–Kier alpha value is -2.13. The number of hydrogen-bond acceptors (Lipinski definition) is 3. The van der Waals surface area contributed by atoms with Crippen LogP contribution < -0.4 is 0 Å². The van der Waals surface area contributed by atoms with Gasteiger partial charge in [0.2, 0.25) is 0 Å². The number of phenols is 1. The van der Waals surface area contributed by atoms with Crippen molar-refractivity contribution >= 4 is 5.78 Å². The summed E-state index contributed by atoms with van der Waals surface area (Å²) < 4.78 is 0. The molecule has 3 heteroatoms. The summed E-state index contributed by atoms with van der Waals surface area (Å²) in [4.78, 5) is 12.4. The molecule has 3 nitrogen and oxygen atoms in total. The summed E-state index contributed by atoms with van der Waals surface area (Å²) in [7, 11) is 0. The Morgan fingerprint density at radius 3 is 2.47 bits per heavy atom. The van der Waals surface area contributed by atoms with Crippen molar-refractivity contribution in [1.82, 2.24) is 0 Å². The van der Waals surface area contributed by atoms with Gasteiger partial charge in [0.05, 0.1) is 0 Å². The predicted molar refractivity (Wildman–Crippen MR) is 73.5 cm³/mol. The molecule has 2 aromatic rings. The van der Waals surface area contributed by atoms with Crippen molar-refractivity contribution in [2.24, 2.45) is 0 Å². The van der Waals surface area contributed by atoms with E-state index in [9.17, 15) is 9.90 Å². The van der Waals surface area contributed by atoms with Gasteiger partial charge < -0.3 is 10.2 Å². The molecule has 0 radical (unpaired) electrons. The maximum Gasteiger partial charge on any atom is 0.193 e. The molecule has 2 aromatic carbocycles. The molecule has 0 heterocycles. The van der Waals surface area contributed by atoms with Crippen LogP contribution in [0.5, 0.6) is 5.75 Å². The first-order chi connectivity index (χ1) is 9.13. The third kappa shape index (κ3) is 2.83. The van der Waals surface area contributed by atoms with Crippen LogP contribution in [0.2, 0.25) is 0 Å². The lowest BCUT2D eigenvalue weighted by molar-refractivity contribution is 0.103. The van der Waals surface area contributed by atoms with E-state index in [-0.39, 0.29) is 18.1 Å². The fourth-order valence-electron chi connectivity index (χ4n) is 2.12. The Balaban J connectivity index is 2.48. The number of phenolic OH excluding ortho intramolecular Hbond substituents is 1. The number of aliphatic hydroxyl groups excluding tert-OH is 1. The SMILES string of the molecule is Cc1c(CCO)cc(O)cc1C(=O)c1ccccc1. The van der Waals surface area contributed by atoms with Crippen molar-refractivity contribution in [2.45, 2.75) is 13.3 Å². The standard InChI is InChI=1S/C16H16O3/c1-11-13(7-8-17)9-14(18)10-15(11)16(19)12-5-3-2-4-6-12/h2-6,9-10,17-18H,7-8H2,1H3. The molecule has 0 fully saturated rings. The Labute approximate surface area is 112 Å². The van der Waals surface area contributed by atoms with Crippen molar-refractivity contribution in [3.05, 3.63) is 64.7 Å². The second-order valence-corrected chi connectivity index (χ2v) is 4.45. The van der Waals surface area contributed by atoms with Crippen LogP contribution in [-0.4, -0.2) is 22.6 Å². The maximum absolute atomic E-state index is 12.4. The summed E-state index contributed by atoms with van der Waals surface area (Å²) in [5.41, 5.74) is 2.67. The molecule has 0 aliphatic carbocycles. The van der Waals surface area contributed by atoms with Gasteiger partial charge in [0.1, 0.15) is 5.75 Å². The van der Waals surface area contributed by atoms with Crippen LogP contribution in [0.15, 0.2) is 42.5 Å². The summed E-state index contributed by atoms with van der Waals surface area (Å²) in [5, 5.41) is 18.7. The van der Waals surface area contributed by atoms with Gasteiger partial charge in [-0.1, -0.05) is 30.3 Å². The first-order valence-electron chi connectivity index (χ1n) is 6.16. The number of ketones is 1. The van der Waals surface area contributed by atoms with Crippen LogP contribution in [0, 0.1) is 6.92 Å². The number of aliphatic hydroxyl groups is 1. The summed E-state index contributed by atoms with van der Waals surface area (Å²) in [6.07, 6.45) is 0.426. The summed E-state index contributed by atoms with van der Waals surface area (Å²) >= 11 is 0. The lowest BCUT2D eigenvalue weighted by atomic mass is 9.94. The zero-order valence-electron chi connectivity index (χ0n) is 10.8. The first kappa shape index (κ1) is 13.3. The van der Waals surface area contributed by atoms with Crippen LogP contribution in [0.25, 0.3) is 0 Å². The second-order valence-electron chi connectivity index (χ2n) is 4.45. The third-order valence-electron chi connectivity index (χ3n) is 3.16. The van der Waals surface area contributed by atoms with Crippen molar-refractivity contribution in [1.29, 1.82) is 0 Å². The Morgan fingerprint density at radius 1 is 1.16 bits per heavy atom. The highest BCUT2D eigenvalue weighted by molar-refractivity contribution is 6.10. The van der Waals surface area contributed by atoms with E-state index < -0.39 is 0 Å². The average Bonchev–Trinajstić information content (AvgIpc) is 2.43. The van der Waals surface area contributed by atoms with E-state index in [4.69, 9.17) is 5.11 Å². The molecule has 0 bridgehead atoms. The van der Waals surface area contributed by atoms with Gasteiger partial charge in [-0.05, 0) is 36.6 Å². The van der Waals surface area contributed by atoms with Crippen molar-refractivity contribution < 1.29 is 15.0 Å². The molecule has 0 spiro atoms. The quantitative estimate of drug-likeness (QED) is 0.826. The monoisotopic (exact) mass is 256 g/mol. The number of benzene rings is 2. The highest BCUT2D eigenvalue weighted by Crippen LogP contribution is 2.24. The predicted octanol–water partition coefficient (Wildman–Crippen LogP) is 2.47. The van der Waals surface area contributed by atoms with Crippen LogP contribution >= 0.6 is 0 Å². The minimum atomic E-state index is -0.117. The fraction of sp³-hybridized carbons (Fsp3) is 0.188. The normalized spacial score (nSPS) is 10.4. The molecule has 2 rings (SSSR count). The average molecular weight is 256 g/mol. The number of carbonyl (C=O) groups excluding carboxylic acids is 1.